The highest BCUT2D eigenvalue weighted by Crippen LogP contribution is 2.28. The topological polar surface area (TPSA) is 59.2 Å². The number of hydrogen-bond donors (Lipinski definition) is 1. The van der Waals surface area contributed by atoms with E-state index < -0.39 is 0 Å². The van der Waals surface area contributed by atoms with Crippen LogP contribution in [0.5, 0.6) is 0 Å². The number of aromatic nitrogens is 1. The van der Waals surface area contributed by atoms with Gasteiger partial charge in [0.25, 0.3) is 5.91 Å². The average molecular weight is 332 g/mol. The summed E-state index contributed by atoms with van der Waals surface area (Å²) in [4.78, 5) is 18.5. The molecule has 1 amide bonds. The summed E-state index contributed by atoms with van der Waals surface area (Å²) in [6, 6.07) is 9.64. The maximum absolute atomic E-state index is 12.7. The largest absolute Gasteiger partial charge is 0.326 e. The molecule has 5 heteroatoms. The molecule has 0 bridgehead atoms. The van der Waals surface area contributed by atoms with Gasteiger partial charge in [0.15, 0.2) is 0 Å². The zero-order valence-corrected chi connectivity index (χ0v) is 12.4. The van der Waals surface area contributed by atoms with Gasteiger partial charge in [0.05, 0.1) is 5.56 Å². The van der Waals surface area contributed by atoms with Gasteiger partial charge in [0.1, 0.15) is 0 Å². The minimum absolute atomic E-state index is 0.0334. The quantitative estimate of drug-likeness (QED) is 0.872. The van der Waals surface area contributed by atoms with Crippen molar-refractivity contribution in [2.75, 3.05) is 11.4 Å². The minimum Gasteiger partial charge on any atom is -0.326 e. The fourth-order valence-corrected chi connectivity index (χ4v) is 2.87. The number of halogens is 1. The molecule has 2 aromatic rings. The van der Waals surface area contributed by atoms with Gasteiger partial charge in [-0.25, -0.2) is 0 Å². The van der Waals surface area contributed by atoms with E-state index in [2.05, 4.69) is 20.9 Å². The SMILES string of the molecule is NC1Cc2ccccc2N(C(=O)c2cncc(Br)c2)C1. The van der Waals surface area contributed by atoms with Gasteiger partial charge in [-0.1, -0.05) is 18.2 Å². The smallest absolute Gasteiger partial charge is 0.259 e. The third-order valence-corrected chi connectivity index (χ3v) is 3.81. The van der Waals surface area contributed by atoms with Crippen LogP contribution >= 0.6 is 15.9 Å². The Hall–Kier alpha value is -1.72. The van der Waals surface area contributed by atoms with Crippen LogP contribution < -0.4 is 10.6 Å². The van der Waals surface area contributed by atoms with Gasteiger partial charge >= 0.3 is 0 Å². The van der Waals surface area contributed by atoms with Crippen LogP contribution in [0, 0.1) is 0 Å². The monoisotopic (exact) mass is 331 g/mol. The summed E-state index contributed by atoms with van der Waals surface area (Å²) in [5.74, 6) is -0.0681. The summed E-state index contributed by atoms with van der Waals surface area (Å²) in [7, 11) is 0. The Morgan fingerprint density at radius 2 is 2.15 bits per heavy atom. The summed E-state index contributed by atoms with van der Waals surface area (Å²) in [5.41, 5.74) is 8.68. The van der Waals surface area contributed by atoms with Crippen LogP contribution in [-0.2, 0) is 6.42 Å². The van der Waals surface area contributed by atoms with Crippen molar-refractivity contribution in [3.8, 4) is 0 Å². The second kappa shape index (κ2) is 5.34. The van der Waals surface area contributed by atoms with Crippen LogP contribution in [0.2, 0.25) is 0 Å². The number of carbonyl (C=O) groups is 1. The normalized spacial score (nSPS) is 17.7. The number of rotatable bonds is 1. The summed E-state index contributed by atoms with van der Waals surface area (Å²) in [6.45, 7) is 0.530. The molecule has 1 atom stereocenters. The van der Waals surface area contributed by atoms with Crippen LogP contribution in [-0.4, -0.2) is 23.5 Å². The van der Waals surface area contributed by atoms with E-state index in [1.165, 1.54) is 0 Å². The van der Waals surface area contributed by atoms with Crippen molar-refractivity contribution in [2.45, 2.75) is 12.5 Å². The average Bonchev–Trinajstić information content (AvgIpc) is 2.45. The molecule has 3 rings (SSSR count). The number of fused-ring (bicyclic) bond motifs is 1. The van der Waals surface area contributed by atoms with Gasteiger partial charge in [0, 0.05) is 35.1 Å². The lowest BCUT2D eigenvalue weighted by molar-refractivity contribution is 0.0983. The number of nitrogens with two attached hydrogens (primary N) is 1. The molecular weight excluding hydrogens is 318 g/mol. The lowest BCUT2D eigenvalue weighted by atomic mass is 9.98. The van der Waals surface area contributed by atoms with E-state index >= 15 is 0 Å². The van der Waals surface area contributed by atoms with Gasteiger partial charge in [-0.15, -0.1) is 0 Å². The van der Waals surface area contributed by atoms with E-state index in [0.29, 0.717) is 12.1 Å². The number of nitrogens with zero attached hydrogens (tertiary/aromatic N) is 2. The van der Waals surface area contributed by atoms with Crippen molar-refractivity contribution in [3.05, 3.63) is 58.3 Å². The fraction of sp³-hybridized carbons (Fsp3) is 0.200. The summed E-state index contributed by atoms with van der Waals surface area (Å²) in [6.07, 6.45) is 4.04. The van der Waals surface area contributed by atoms with Crippen LogP contribution in [0.15, 0.2) is 47.2 Å². The Kier molecular flexibility index (Phi) is 3.54. The lowest BCUT2D eigenvalue weighted by Crippen LogP contribution is -2.46. The highest BCUT2D eigenvalue weighted by atomic mass is 79.9. The van der Waals surface area contributed by atoms with E-state index in [9.17, 15) is 4.79 Å². The summed E-state index contributed by atoms with van der Waals surface area (Å²) >= 11 is 3.34. The Morgan fingerprint density at radius 3 is 2.95 bits per heavy atom. The van der Waals surface area contributed by atoms with Crippen LogP contribution in [0.3, 0.4) is 0 Å². The molecule has 1 unspecified atom stereocenters. The molecule has 2 heterocycles. The number of pyridine rings is 1. The summed E-state index contributed by atoms with van der Waals surface area (Å²) < 4.78 is 0.790. The third kappa shape index (κ3) is 2.46. The van der Waals surface area contributed by atoms with Crippen LogP contribution in [0.4, 0.5) is 5.69 Å². The van der Waals surface area contributed by atoms with E-state index in [-0.39, 0.29) is 11.9 Å². The van der Waals surface area contributed by atoms with E-state index in [1.807, 2.05) is 24.3 Å². The van der Waals surface area contributed by atoms with E-state index in [4.69, 9.17) is 5.73 Å². The zero-order chi connectivity index (χ0) is 14.1. The van der Waals surface area contributed by atoms with Crippen LogP contribution in [0.1, 0.15) is 15.9 Å². The molecule has 20 heavy (non-hydrogen) atoms. The molecule has 1 aromatic heterocycles. The lowest BCUT2D eigenvalue weighted by Gasteiger charge is -2.33. The van der Waals surface area contributed by atoms with Crippen molar-refractivity contribution < 1.29 is 4.79 Å². The maximum atomic E-state index is 12.7. The van der Waals surface area contributed by atoms with Crippen molar-refractivity contribution in [2.24, 2.45) is 5.73 Å². The minimum atomic E-state index is -0.0681. The Bertz CT molecular complexity index is 659. The van der Waals surface area contributed by atoms with Gasteiger partial charge < -0.3 is 10.6 Å². The first kappa shape index (κ1) is 13.3. The zero-order valence-electron chi connectivity index (χ0n) is 10.8. The first-order chi connectivity index (χ1) is 9.65. The predicted octanol–water partition coefficient (Wildman–Crippen LogP) is 2.37. The number of anilines is 1. The third-order valence-electron chi connectivity index (χ3n) is 3.38. The van der Waals surface area contributed by atoms with Gasteiger partial charge in [-0.2, -0.15) is 0 Å². The molecule has 1 aromatic carbocycles. The maximum Gasteiger partial charge on any atom is 0.259 e. The molecule has 0 fully saturated rings. The van der Waals surface area contributed by atoms with E-state index in [1.54, 1.807) is 23.4 Å². The molecule has 2 N–H and O–H groups in total. The molecule has 0 saturated heterocycles. The second-order valence-corrected chi connectivity index (χ2v) is 5.82. The van der Waals surface area contributed by atoms with E-state index in [0.717, 1.165) is 22.1 Å². The molecular formula is C15H14BrN3O. The predicted molar refractivity (Wildman–Crippen MR) is 81.7 cm³/mol. The number of benzene rings is 1. The van der Waals surface area contributed by atoms with Crippen molar-refractivity contribution >= 4 is 27.5 Å². The molecule has 0 radical (unpaired) electrons. The van der Waals surface area contributed by atoms with Crippen molar-refractivity contribution in [3.63, 3.8) is 0 Å². The standard InChI is InChI=1S/C15H14BrN3O/c16-12-5-11(7-18-8-12)15(20)19-9-13(17)6-10-3-1-2-4-14(10)19/h1-5,7-8,13H,6,9,17H2. The number of carbonyl (C=O) groups excluding carboxylic acids is 1. The highest BCUT2D eigenvalue weighted by molar-refractivity contribution is 9.10. The molecule has 1 aliphatic rings. The van der Waals surface area contributed by atoms with Gasteiger partial charge in [0.2, 0.25) is 0 Å². The second-order valence-electron chi connectivity index (χ2n) is 4.90. The van der Waals surface area contributed by atoms with Gasteiger partial charge in [-0.3, -0.25) is 9.78 Å². The first-order valence-electron chi connectivity index (χ1n) is 6.41. The van der Waals surface area contributed by atoms with Crippen molar-refractivity contribution in [1.82, 2.24) is 4.98 Å². The van der Waals surface area contributed by atoms with Crippen LogP contribution in [0.25, 0.3) is 0 Å². The molecule has 4 nitrogen and oxygen atoms in total. The number of para-hydroxylation sites is 1. The molecule has 1 aliphatic heterocycles. The first-order valence-corrected chi connectivity index (χ1v) is 7.20. The number of amides is 1. The molecule has 102 valence electrons. The van der Waals surface area contributed by atoms with Crippen molar-refractivity contribution in [1.29, 1.82) is 0 Å². The Morgan fingerprint density at radius 1 is 1.35 bits per heavy atom. The Balaban J connectivity index is 2.00. The fourth-order valence-electron chi connectivity index (χ4n) is 2.50. The molecule has 0 saturated carbocycles. The Labute approximate surface area is 125 Å². The van der Waals surface area contributed by atoms with Gasteiger partial charge in [-0.05, 0) is 40.0 Å². The highest BCUT2D eigenvalue weighted by Gasteiger charge is 2.27. The number of hydrogen-bond acceptors (Lipinski definition) is 3. The molecule has 0 aliphatic carbocycles. The molecule has 0 spiro atoms. The summed E-state index contributed by atoms with van der Waals surface area (Å²) in [5, 5.41) is 0.